The van der Waals surface area contributed by atoms with Crippen LogP contribution >= 0.6 is 0 Å². The van der Waals surface area contributed by atoms with Crippen LogP contribution < -0.4 is 10.6 Å². The summed E-state index contributed by atoms with van der Waals surface area (Å²) in [6.45, 7) is 3.53. The van der Waals surface area contributed by atoms with E-state index in [0.29, 0.717) is 0 Å². The summed E-state index contributed by atoms with van der Waals surface area (Å²) in [5.74, 6) is -0.593. The summed E-state index contributed by atoms with van der Waals surface area (Å²) in [6.07, 6.45) is -1.30. The molecule has 0 aliphatic carbocycles. The van der Waals surface area contributed by atoms with Crippen molar-refractivity contribution in [3.8, 4) is 0 Å². The second kappa shape index (κ2) is 7.10. The van der Waals surface area contributed by atoms with Crippen molar-refractivity contribution in [2.24, 2.45) is 0 Å². The summed E-state index contributed by atoms with van der Waals surface area (Å²) >= 11 is 0. The molecule has 1 aliphatic heterocycles. The predicted molar refractivity (Wildman–Crippen MR) is 80.0 cm³/mol. The molecular formula is C15H19N3O5. The smallest absolute Gasteiger partial charge is 0.419 e. The van der Waals surface area contributed by atoms with Crippen LogP contribution in [0.5, 0.6) is 0 Å². The number of alkyl carbamates (subject to hydrolysis) is 1. The highest BCUT2D eigenvalue weighted by Crippen LogP contribution is 2.06. The van der Waals surface area contributed by atoms with Crippen molar-refractivity contribution in [3.05, 3.63) is 35.9 Å². The van der Waals surface area contributed by atoms with Crippen LogP contribution in [0.25, 0.3) is 0 Å². The first-order chi connectivity index (χ1) is 10.9. The Bertz CT molecular complexity index is 588. The molecule has 0 bridgehead atoms. The van der Waals surface area contributed by atoms with Gasteiger partial charge in [0.15, 0.2) is 0 Å². The Balaban J connectivity index is 1.75. The number of carbonyl (C=O) groups excluding carboxylic acids is 3. The van der Waals surface area contributed by atoms with E-state index in [1.807, 2.05) is 30.3 Å². The molecule has 0 saturated carbocycles. The number of hydrogen-bond donors (Lipinski definition) is 2. The molecule has 2 amide bonds. The first-order valence-corrected chi connectivity index (χ1v) is 7.09. The van der Waals surface area contributed by atoms with Gasteiger partial charge in [0.1, 0.15) is 13.2 Å². The predicted octanol–water partition coefficient (Wildman–Crippen LogP) is 1.17. The highest BCUT2D eigenvalue weighted by Gasteiger charge is 2.31. The minimum Gasteiger partial charge on any atom is -0.445 e. The molecule has 8 heteroatoms. The molecule has 23 heavy (non-hydrogen) atoms. The van der Waals surface area contributed by atoms with Crippen molar-refractivity contribution >= 4 is 18.2 Å². The van der Waals surface area contributed by atoms with E-state index >= 15 is 0 Å². The molecule has 0 aromatic heterocycles. The molecule has 1 aliphatic rings. The van der Waals surface area contributed by atoms with Crippen LogP contribution in [0.1, 0.15) is 19.4 Å². The lowest BCUT2D eigenvalue weighted by atomic mass is 10.2. The Morgan fingerprint density at radius 2 is 2.00 bits per heavy atom. The van der Waals surface area contributed by atoms with Gasteiger partial charge in [0.05, 0.1) is 12.3 Å². The van der Waals surface area contributed by atoms with Crippen LogP contribution in [0.15, 0.2) is 30.3 Å². The number of benzene rings is 1. The second-order valence-corrected chi connectivity index (χ2v) is 5.58. The fraction of sp³-hybridized carbons (Fsp3) is 0.400. The molecule has 2 rings (SSSR count). The number of carbonyl (C=O) groups is 3. The quantitative estimate of drug-likeness (QED) is 0.464. The zero-order chi connectivity index (χ0) is 16.9. The van der Waals surface area contributed by atoms with Gasteiger partial charge in [0, 0.05) is 0 Å². The Hall–Kier alpha value is -2.61. The van der Waals surface area contributed by atoms with E-state index in [2.05, 4.69) is 15.4 Å². The SMILES string of the molecule is CC(C)(NCN1CC(=O)OC1=O)NC(=O)OCc1ccccc1. The highest BCUT2D eigenvalue weighted by atomic mass is 16.6. The maximum atomic E-state index is 11.8. The van der Waals surface area contributed by atoms with Gasteiger partial charge in [-0.2, -0.15) is 0 Å². The van der Waals surface area contributed by atoms with E-state index in [0.717, 1.165) is 5.56 Å². The lowest BCUT2D eigenvalue weighted by Crippen LogP contribution is -2.57. The van der Waals surface area contributed by atoms with Gasteiger partial charge in [-0.15, -0.1) is 0 Å². The average molecular weight is 321 g/mol. The molecule has 0 atom stereocenters. The summed E-state index contributed by atoms with van der Waals surface area (Å²) in [5, 5.41) is 5.58. The number of nitrogens with one attached hydrogen (secondary N) is 2. The Morgan fingerprint density at radius 3 is 2.61 bits per heavy atom. The minimum atomic E-state index is -0.834. The van der Waals surface area contributed by atoms with E-state index in [4.69, 9.17) is 4.74 Å². The molecule has 1 saturated heterocycles. The van der Waals surface area contributed by atoms with Crippen molar-refractivity contribution in [2.45, 2.75) is 26.1 Å². The fourth-order valence-corrected chi connectivity index (χ4v) is 1.89. The molecule has 0 spiro atoms. The number of hydrogen-bond acceptors (Lipinski definition) is 6. The van der Waals surface area contributed by atoms with Gasteiger partial charge >= 0.3 is 18.2 Å². The molecule has 0 radical (unpaired) electrons. The van der Waals surface area contributed by atoms with Gasteiger partial charge in [-0.05, 0) is 19.4 Å². The van der Waals surface area contributed by atoms with Gasteiger partial charge in [-0.1, -0.05) is 30.3 Å². The van der Waals surface area contributed by atoms with E-state index < -0.39 is 23.8 Å². The van der Waals surface area contributed by atoms with E-state index in [9.17, 15) is 14.4 Å². The first-order valence-electron chi connectivity index (χ1n) is 7.09. The van der Waals surface area contributed by atoms with Gasteiger partial charge in [0.2, 0.25) is 0 Å². The minimum absolute atomic E-state index is 0.0660. The van der Waals surface area contributed by atoms with Gasteiger partial charge in [-0.25, -0.2) is 14.4 Å². The fourth-order valence-electron chi connectivity index (χ4n) is 1.89. The standard InChI is InChI=1S/C15H19N3O5/c1-15(2,16-10-18-8-12(19)23-14(18)21)17-13(20)22-9-11-6-4-3-5-7-11/h3-7,16H,8-10H2,1-2H3,(H,17,20). The van der Waals surface area contributed by atoms with E-state index in [-0.39, 0.29) is 19.8 Å². The molecule has 2 N–H and O–H groups in total. The third-order valence-electron chi connectivity index (χ3n) is 3.12. The maximum absolute atomic E-state index is 11.8. The zero-order valence-corrected chi connectivity index (χ0v) is 13.0. The van der Waals surface area contributed by atoms with Crippen LogP contribution in [0.3, 0.4) is 0 Å². The molecule has 8 nitrogen and oxygen atoms in total. The Labute approximate surface area is 133 Å². The number of amides is 2. The average Bonchev–Trinajstić information content (AvgIpc) is 2.82. The number of nitrogens with zero attached hydrogens (tertiary/aromatic N) is 1. The largest absolute Gasteiger partial charge is 0.445 e. The number of ether oxygens (including phenoxy) is 2. The third-order valence-corrected chi connectivity index (χ3v) is 3.12. The Kier molecular flexibility index (Phi) is 5.17. The lowest BCUT2D eigenvalue weighted by molar-refractivity contribution is -0.132. The third kappa shape index (κ3) is 5.26. The monoisotopic (exact) mass is 321 g/mol. The van der Waals surface area contributed by atoms with Crippen LogP contribution in [-0.4, -0.2) is 41.9 Å². The van der Waals surface area contributed by atoms with Crippen molar-refractivity contribution < 1.29 is 23.9 Å². The molecule has 1 heterocycles. The number of esters is 1. The summed E-state index contributed by atoms with van der Waals surface area (Å²) in [4.78, 5) is 35.3. The maximum Gasteiger partial charge on any atom is 0.419 e. The lowest BCUT2D eigenvalue weighted by Gasteiger charge is -2.29. The van der Waals surface area contributed by atoms with E-state index in [1.165, 1.54) is 4.90 Å². The first kappa shape index (κ1) is 16.8. The summed E-state index contributed by atoms with van der Waals surface area (Å²) in [7, 11) is 0. The molecule has 124 valence electrons. The van der Waals surface area contributed by atoms with E-state index in [1.54, 1.807) is 13.8 Å². The van der Waals surface area contributed by atoms with Crippen molar-refractivity contribution in [1.29, 1.82) is 0 Å². The highest BCUT2D eigenvalue weighted by molar-refractivity contribution is 5.92. The van der Waals surface area contributed by atoms with Crippen LogP contribution in [-0.2, 0) is 20.9 Å². The summed E-state index contributed by atoms with van der Waals surface area (Å²) in [5.41, 5.74) is 0.0476. The van der Waals surface area contributed by atoms with Crippen LogP contribution in [0.2, 0.25) is 0 Å². The Morgan fingerprint density at radius 1 is 1.30 bits per heavy atom. The molecule has 1 aromatic rings. The zero-order valence-electron chi connectivity index (χ0n) is 13.0. The van der Waals surface area contributed by atoms with Crippen LogP contribution in [0.4, 0.5) is 9.59 Å². The summed E-state index contributed by atoms with van der Waals surface area (Å²) in [6, 6.07) is 9.31. The van der Waals surface area contributed by atoms with Gasteiger partial charge in [-0.3, -0.25) is 10.2 Å². The molecular weight excluding hydrogens is 302 g/mol. The van der Waals surface area contributed by atoms with Crippen molar-refractivity contribution in [3.63, 3.8) is 0 Å². The molecule has 1 aromatic carbocycles. The number of rotatable bonds is 6. The van der Waals surface area contributed by atoms with Crippen molar-refractivity contribution in [1.82, 2.24) is 15.5 Å². The molecule has 0 unspecified atom stereocenters. The van der Waals surface area contributed by atoms with Crippen LogP contribution in [0, 0.1) is 0 Å². The van der Waals surface area contributed by atoms with Gasteiger partial charge in [0.25, 0.3) is 0 Å². The number of cyclic esters (lactones) is 2. The second-order valence-electron chi connectivity index (χ2n) is 5.58. The van der Waals surface area contributed by atoms with Crippen molar-refractivity contribution in [2.75, 3.05) is 13.2 Å². The molecule has 1 fully saturated rings. The normalized spacial score (nSPS) is 14.6. The summed E-state index contributed by atoms with van der Waals surface area (Å²) < 4.78 is 9.53. The van der Waals surface area contributed by atoms with Gasteiger partial charge < -0.3 is 14.8 Å². The topological polar surface area (TPSA) is 97.0 Å².